The van der Waals surface area contributed by atoms with E-state index in [-0.39, 0.29) is 12.6 Å². The third-order valence-electron chi connectivity index (χ3n) is 5.44. The summed E-state index contributed by atoms with van der Waals surface area (Å²) in [5, 5.41) is 19.5. The van der Waals surface area contributed by atoms with Gasteiger partial charge in [0.1, 0.15) is 24.8 Å². The van der Waals surface area contributed by atoms with Crippen molar-refractivity contribution in [1.29, 1.82) is 0 Å². The van der Waals surface area contributed by atoms with Gasteiger partial charge in [0.2, 0.25) is 5.66 Å². The summed E-state index contributed by atoms with van der Waals surface area (Å²) in [6.45, 7) is 1.90. The van der Waals surface area contributed by atoms with E-state index < -0.39 is 29.9 Å². The highest BCUT2D eigenvalue weighted by atomic mass is 16.5. The Hall–Kier alpha value is -2.27. The molecule has 3 rings (SSSR count). The zero-order valence-electron chi connectivity index (χ0n) is 15.5. The average molecular weight is 383 g/mol. The van der Waals surface area contributed by atoms with Crippen LogP contribution < -0.4 is 33.2 Å². The van der Waals surface area contributed by atoms with Gasteiger partial charge in [0.15, 0.2) is 5.96 Å². The molecule has 10 N–H and O–H groups in total. The first-order chi connectivity index (χ1) is 13.0. The van der Waals surface area contributed by atoms with Crippen LogP contribution in [0.4, 0.5) is 4.79 Å². The van der Waals surface area contributed by atoms with Crippen LogP contribution in [0.1, 0.15) is 32.1 Å². The molecule has 0 aromatic heterocycles. The van der Waals surface area contributed by atoms with Gasteiger partial charge in [-0.3, -0.25) is 11.1 Å². The minimum absolute atomic E-state index is 0.0607. The number of guanidine groups is 2. The number of alkyl carbamates (subject to hydrolysis) is 1. The summed E-state index contributed by atoms with van der Waals surface area (Å²) < 4.78 is 7.19. The number of amides is 1. The summed E-state index contributed by atoms with van der Waals surface area (Å²) in [5.41, 5.74) is 16.6. The van der Waals surface area contributed by atoms with Crippen molar-refractivity contribution in [3.05, 3.63) is 0 Å². The van der Waals surface area contributed by atoms with E-state index in [1.165, 1.54) is 0 Å². The molecule has 152 valence electrons. The van der Waals surface area contributed by atoms with Crippen LogP contribution in [0, 0.1) is 0 Å². The Kier molecular flexibility index (Phi) is 5.90. The maximum absolute atomic E-state index is 11.9. The van der Waals surface area contributed by atoms with Crippen molar-refractivity contribution >= 4 is 18.0 Å². The van der Waals surface area contributed by atoms with Crippen LogP contribution in [0.25, 0.3) is 0 Å². The Morgan fingerprint density at radius 1 is 1.37 bits per heavy atom. The number of ether oxygens (including phenoxy) is 1. The van der Waals surface area contributed by atoms with Crippen molar-refractivity contribution in [2.75, 3.05) is 26.2 Å². The van der Waals surface area contributed by atoms with Gasteiger partial charge in [-0.1, -0.05) is 12.8 Å². The van der Waals surface area contributed by atoms with Gasteiger partial charge in [0.05, 0.1) is 6.54 Å². The number of carbonyl (C=O) groups is 1. The van der Waals surface area contributed by atoms with E-state index in [2.05, 4.69) is 20.9 Å². The summed E-state index contributed by atoms with van der Waals surface area (Å²) in [6, 6.07) is -0.816. The molecular weight excluding hydrogens is 352 g/mol. The molecule has 3 aliphatic rings. The third-order valence-corrected chi connectivity index (χ3v) is 5.44. The Balaban J connectivity index is 1.53. The summed E-state index contributed by atoms with van der Waals surface area (Å²) in [4.78, 5) is 16.4. The van der Waals surface area contributed by atoms with Crippen LogP contribution >= 0.6 is 0 Å². The first-order valence-corrected chi connectivity index (χ1v) is 9.56. The number of nitrogens with two attached hydrogens (primary N) is 3. The number of nitrogens with one attached hydrogen (secondary N) is 3. The number of hydrogen-bond donors (Lipinski definition) is 7. The second kappa shape index (κ2) is 8.17. The maximum atomic E-state index is 11.9. The minimum Gasteiger partial charge on any atom is -0.446 e. The topological polar surface area (TPSA) is 176 Å². The Morgan fingerprint density at radius 3 is 2.93 bits per heavy atom. The number of aliphatic hydroxyl groups excluding tert-OH is 1. The SMILES string of the molecule is NCCCCCCNC(=O)OCC1NC(N)=[N+]2CCC(O)C23NC(N)=N[C@@H]13. The first-order valence-electron chi connectivity index (χ1n) is 9.56. The second-order valence-corrected chi connectivity index (χ2v) is 7.23. The molecule has 0 radical (unpaired) electrons. The third kappa shape index (κ3) is 3.74. The van der Waals surface area contributed by atoms with Crippen LogP contribution in [0.5, 0.6) is 0 Å². The molecule has 11 nitrogen and oxygen atoms in total. The van der Waals surface area contributed by atoms with Crippen LogP contribution in [-0.4, -0.2) is 77.8 Å². The number of aliphatic imine (C=N–C) groups is 1. The van der Waals surface area contributed by atoms with E-state index in [1.54, 1.807) is 0 Å². The summed E-state index contributed by atoms with van der Waals surface area (Å²) in [6.07, 6.45) is 3.34. The Labute approximate surface area is 158 Å². The van der Waals surface area contributed by atoms with E-state index in [0.29, 0.717) is 32.0 Å². The van der Waals surface area contributed by atoms with Gasteiger partial charge >= 0.3 is 12.1 Å². The molecule has 1 saturated heterocycles. The predicted molar refractivity (Wildman–Crippen MR) is 100 cm³/mol. The van der Waals surface area contributed by atoms with Crippen molar-refractivity contribution in [1.82, 2.24) is 16.0 Å². The lowest BCUT2D eigenvalue weighted by molar-refractivity contribution is -0.607. The predicted octanol–water partition coefficient (Wildman–Crippen LogP) is -2.72. The summed E-state index contributed by atoms with van der Waals surface area (Å²) in [5.74, 6) is 0.656. The van der Waals surface area contributed by atoms with E-state index in [0.717, 1.165) is 25.7 Å². The summed E-state index contributed by atoms with van der Waals surface area (Å²) >= 11 is 0. The molecule has 3 heterocycles. The van der Waals surface area contributed by atoms with Gasteiger partial charge < -0.3 is 31.9 Å². The van der Waals surface area contributed by atoms with Gasteiger partial charge in [-0.15, -0.1) is 0 Å². The molecule has 1 spiro atoms. The molecule has 3 aliphatic heterocycles. The molecule has 0 saturated carbocycles. The number of rotatable bonds is 8. The zero-order chi connectivity index (χ0) is 19.4. The van der Waals surface area contributed by atoms with Gasteiger partial charge in [-0.25, -0.2) is 14.4 Å². The largest absolute Gasteiger partial charge is 0.446 e. The van der Waals surface area contributed by atoms with Crippen molar-refractivity contribution in [3.63, 3.8) is 0 Å². The second-order valence-electron chi connectivity index (χ2n) is 7.23. The highest BCUT2D eigenvalue weighted by Crippen LogP contribution is 2.35. The number of carbonyl (C=O) groups excluding carboxylic acids is 1. The number of hydrogen-bond acceptors (Lipinski definition) is 9. The molecule has 0 aromatic rings. The zero-order valence-corrected chi connectivity index (χ0v) is 15.5. The smallest absolute Gasteiger partial charge is 0.407 e. The molecule has 0 aliphatic carbocycles. The maximum Gasteiger partial charge on any atom is 0.407 e. The fourth-order valence-electron chi connectivity index (χ4n) is 4.13. The fraction of sp³-hybridized carbons (Fsp3) is 0.812. The summed E-state index contributed by atoms with van der Waals surface area (Å²) in [7, 11) is 0. The normalized spacial score (nSPS) is 31.5. The van der Waals surface area contributed by atoms with Gasteiger partial charge in [-0.2, -0.15) is 0 Å². The quantitative estimate of drug-likeness (QED) is 0.175. The molecule has 0 aromatic carbocycles. The van der Waals surface area contributed by atoms with E-state index in [9.17, 15) is 9.90 Å². The highest BCUT2D eigenvalue weighted by Gasteiger charge is 2.64. The molecule has 27 heavy (non-hydrogen) atoms. The lowest BCUT2D eigenvalue weighted by Gasteiger charge is -2.39. The van der Waals surface area contributed by atoms with Crippen LogP contribution in [0.3, 0.4) is 0 Å². The fourth-order valence-corrected chi connectivity index (χ4v) is 4.13. The lowest BCUT2D eigenvalue weighted by Crippen LogP contribution is -2.74. The van der Waals surface area contributed by atoms with Crippen molar-refractivity contribution in [3.8, 4) is 0 Å². The Morgan fingerprint density at radius 2 is 2.15 bits per heavy atom. The van der Waals surface area contributed by atoms with Crippen molar-refractivity contribution < 1.29 is 19.2 Å². The van der Waals surface area contributed by atoms with Crippen LogP contribution in [0.15, 0.2) is 4.99 Å². The molecular formula is C16H31N8O3+. The van der Waals surface area contributed by atoms with Gasteiger partial charge in [0, 0.05) is 13.0 Å². The monoisotopic (exact) mass is 383 g/mol. The number of aliphatic hydroxyl groups is 1. The molecule has 11 heteroatoms. The first kappa shape index (κ1) is 19.5. The van der Waals surface area contributed by atoms with Gasteiger partial charge in [0.25, 0.3) is 0 Å². The standard InChI is InChI=1S/C16H30N8O3/c17-6-3-1-2-4-7-20-15(26)27-9-10-12-16(23-13(18)22-12)11(25)5-8-24(16)14(19)21-10/h10-12,25H,1-9,17H2,(H6,18,19,20,21,22,23,26)/p+1/t10?,11?,12-,16?/m0/s1. The molecule has 1 fully saturated rings. The van der Waals surface area contributed by atoms with E-state index in [1.807, 2.05) is 4.58 Å². The van der Waals surface area contributed by atoms with Gasteiger partial charge in [-0.05, 0) is 19.4 Å². The highest BCUT2D eigenvalue weighted by molar-refractivity contribution is 5.83. The van der Waals surface area contributed by atoms with Crippen molar-refractivity contribution in [2.24, 2.45) is 22.2 Å². The lowest BCUT2D eigenvalue weighted by atomic mass is 9.89. The Bertz CT molecular complexity index is 625. The van der Waals surface area contributed by atoms with Crippen LogP contribution in [0.2, 0.25) is 0 Å². The molecule has 4 atom stereocenters. The van der Waals surface area contributed by atoms with Crippen molar-refractivity contribution in [2.45, 2.75) is 56.0 Å². The molecule has 3 unspecified atom stereocenters. The van der Waals surface area contributed by atoms with E-state index in [4.69, 9.17) is 21.9 Å². The molecule has 1 amide bonds. The molecule has 0 bridgehead atoms. The van der Waals surface area contributed by atoms with Crippen LogP contribution in [-0.2, 0) is 4.74 Å². The average Bonchev–Trinajstić information content (AvgIpc) is 3.16. The number of nitrogens with zero attached hydrogens (tertiary/aromatic N) is 2. The van der Waals surface area contributed by atoms with E-state index >= 15 is 0 Å². The number of unbranched alkanes of at least 4 members (excludes halogenated alkanes) is 3. The minimum atomic E-state index is -0.882.